The summed E-state index contributed by atoms with van der Waals surface area (Å²) in [6, 6.07) is 8.46. The Morgan fingerprint density at radius 1 is 1.21 bits per heavy atom. The van der Waals surface area contributed by atoms with Crippen molar-refractivity contribution >= 4 is 32.5 Å². The fourth-order valence-corrected chi connectivity index (χ4v) is 3.98. The Morgan fingerprint density at radius 3 is 2.88 bits per heavy atom. The van der Waals surface area contributed by atoms with E-state index < -0.39 is 0 Å². The normalized spacial score (nSPS) is 22.4. The number of rotatable bonds is 4. The van der Waals surface area contributed by atoms with Crippen LogP contribution in [0.3, 0.4) is 0 Å². The molecule has 1 aromatic carbocycles. The van der Waals surface area contributed by atoms with Crippen LogP contribution < -0.4 is 4.90 Å². The molecule has 3 heterocycles. The van der Waals surface area contributed by atoms with Gasteiger partial charge in [0.2, 0.25) is 0 Å². The number of halogens is 1. The van der Waals surface area contributed by atoms with Crippen LogP contribution in [0.1, 0.15) is 19.3 Å². The Labute approximate surface area is 151 Å². The molecule has 0 spiro atoms. The van der Waals surface area contributed by atoms with Gasteiger partial charge in [0, 0.05) is 47.4 Å². The molecule has 2 aliphatic heterocycles. The molecule has 0 radical (unpaired) electrons. The topological polar surface area (TPSA) is 34.6 Å². The van der Waals surface area contributed by atoms with Crippen LogP contribution in [0, 0.1) is 5.92 Å². The minimum Gasteiger partial charge on any atom is -0.381 e. The molecule has 2 fully saturated rings. The molecule has 4 rings (SSSR count). The lowest BCUT2D eigenvalue weighted by molar-refractivity contribution is 0.0132. The number of nitrogens with zero attached hydrogens (tertiary/aromatic N) is 2. The first-order valence-electron chi connectivity index (χ1n) is 8.78. The molecule has 1 atom stereocenters. The van der Waals surface area contributed by atoms with Gasteiger partial charge in [-0.3, -0.25) is 4.98 Å². The van der Waals surface area contributed by atoms with Crippen molar-refractivity contribution in [2.75, 3.05) is 37.8 Å². The van der Waals surface area contributed by atoms with Crippen LogP contribution >= 0.6 is 15.9 Å². The van der Waals surface area contributed by atoms with E-state index in [4.69, 9.17) is 9.47 Å². The zero-order valence-electron chi connectivity index (χ0n) is 13.8. The summed E-state index contributed by atoms with van der Waals surface area (Å²) in [7, 11) is 0. The van der Waals surface area contributed by atoms with E-state index in [2.05, 4.69) is 50.1 Å². The summed E-state index contributed by atoms with van der Waals surface area (Å²) in [6.07, 6.45) is 5.63. The Balaban J connectivity index is 1.39. The molecule has 2 aromatic rings. The van der Waals surface area contributed by atoms with Crippen molar-refractivity contribution < 1.29 is 9.47 Å². The third-order valence-electron chi connectivity index (χ3n) is 5.06. The maximum atomic E-state index is 6.13. The highest BCUT2D eigenvalue weighted by molar-refractivity contribution is 9.10. The average Bonchev–Trinajstić information content (AvgIpc) is 3.13. The Morgan fingerprint density at radius 2 is 2.08 bits per heavy atom. The van der Waals surface area contributed by atoms with Crippen LogP contribution in [0.15, 0.2) is 34.9 Å². The van der Waals surface area contributed by atoms with Crippen molar-refractivity contribution in [3.63, 3.8) is 0 Å². The number of benzene rings is 1. The molecule has 128 valence electrons. The second-order valence-electron chi connectivity index (χ2n) is 6.74. The monoisotopic (exact) mass is 390 g/mol. The van der Waals surface area contributed by atoms with Crippen LogP contribution in [0.4, 0.5) is 5.69 Å². The van der Waals surface area contributed by atoms with Gasteiger partial charge >= 0.3 is 0 Å². The third-order valence-corrected chi connectivity index (χ3v) is 5.55. The molecule has 0 bridgehead atoms. The van der Waals surface area contributed by atoms with Gasteiger partial charge in [0.1, 0.15) is 0 Å². The molecular formula is C19H23BrN2O2. The van der Waals surface area contributed by atoms with E-state index in [1.165, 1.54) is 11.1 Å². The SMILES string of the molecule is Brc1ccc2c(N3CCC(OCC4CCOC4)CC3)ccnc2c1. The highest BCUT2D eigenvalue weighted by Crippen LogP contribution is 2.30. The van der Waals surface area contributed by atoms with E-state index in [9.17, 15) is 0 Å². The van der Waals surface area contributed by atoms with E-state index >= 15 is 0 Å². The molecule has 2 aliphatic rings. The van der Waals surface area contributed by atoms with Gasteiger partial charge < -0.3 is 14.4 Å². The summed E-state index contributed by atoms with van der Waals surface area (Å²) in [5, 5.41) is 1.23. The number of fused-ring (bicyclic) bond motifs is 1. The number of pyridine rings is 1. The van der Waals surface area contributed by atoms with E-state index in [0.29, 0.717) is 12.0 Å². The van der Waals surface area contributed by atoms with Crippen molar-refractivity contribution in [1.82, 2.24) is 4.98 Å². The maximum Gasteiger partial charge on any atom is 0.0734 e. The molecule has 1 aromatic heterocycles. The van der Waals surface area contributed by atoms with Crippen LogP contribution in [0.25, 0.3) is 10.9 Å². The van der Waals surface area contributed by atoms with E-state index in [0.717, 1.165) is 62.2 Å². The summed E-state index contributed by atoms with van der Waals surface area (Å²) in [5.74, 6) is 0.602. The highest BCUT2D eigenvalue weighted by atomic mass is 79.9. The first kappa shape index (κ1) is 16.3. The molecule has 0 aliphatic carbocycles. The smallest absolute Gasteiger partial charge is 0.0734 e. The number of anilines is 1. The van der Waals surface area contributed by atoms with Gasteiger partial charge in [-0.15, -0.1) is 0 Å². The second kappa shape index (κ2) is 7.38. The lowest BCUT2D eigenvalue weighted by atomic mass is 10.0. The number of hydrogen-bond acceptors (Lipinski definition) is 4. The molecule has 24 heavy (non-hydrogen) atoms. The highest BCUT2D eigenvalue weighted by Gasteiger charge is 2.23. The van der Waals surface area contributed by atoms with Crippen molar-refractivity contribution in [1.29, 1.82) is 0 Å². The molecule has 4 nitrogen and oxygen atoms in total. The minimum absolute atomic E-state index is 0.393. The molecule has 1 unspecified atom stereocenters. The molecule has 5 heteroatoms. The number of hydrogen-bond donors (Lipinski definition) is 0. The first-order valence-corrected chi connectivity index (χ1v) is 9.57. The molecular weight excluding hydrogens is 368 g/mol. The summed E-state index contributed by atoms with van der Waals surface area (Å²) in [4.78, 5) is 6.96. The predicted molar refractivity (Wildman–Crippen MR) is 99.6 cm³/mol. The maximum absolute atomic E-state index is 6.13. The fraction of sp³-hybridized carbons (Fsp3) is 0.526. The third kappa shape index (κ3) is 3.58. The van der Waals surface area contributed by atoms with E-state index in [-0.39, 0.29) is 0 Å². The van der Waals surface area contributed by atoms with E-state index in [1.54, 1.807) is 0 Å². The molecule has 2 saturated heterocycles. The number of ether oxygens (including phenoxy) is 2. The Hall–Kier alpha value is -1.17. The van der Waals surface area contributed by atoms with E-state index in [1.807, 2.05) is 6.20 Å². The molecule has 0 saturated carbocycles. The summed E-state index contributed by atoms with van der Waals surface area (Å²) >= 11 is 3.53. The van der Waals surface area contributed by atoms with Gasteiger partial charge in [-0.2, -0.15) is 0 Å². The minimum atomic E-state index is 0.393. The summed E-state index contributed by atoms with van der Waals surface area (Å²) in [6.45, 7) is 4.72. The van der Waals surface area contributed by atoms with Crippen molar-refractivity contribution in [2.45, 2.75) is 25.4 Å². The Kier molecular flexibility index (Phi) is 5.01. The first-order chi connectivity index (χ1) is 11.8. The zero-order valence-corrected chi connectivity index (χ0v) is 15.4. The quantitative estimate of drug-likeness (QED) is 0.789. The fourth-order valence-electron chi connectivity index (χ4n) is 3.63. The van der Waals surface area contributed by atoms with Crippen molar-refractivity contribution in [3.05, 3.63) is 34.9 Å². The molecule has 0 amide bonds. The number of piperidine rings is 1. The van der Waals surface area contributed by atoms with Gasteiger partial charge in [0.25, 0.3) is 0 Å². The van der Waals surface area contributed by atoms with Gasteiger partial charge in [0.05, 0.1) is 24.8 Å². The lowest BCUT2D eigenvalue weighted by Gasteiger charge is -2.34. The number of aromatic nitrogens is 1. The van der Waals surface area contributed by atoms with Crippen LogP contribution in [0.2, 0.25) is 0 Å². The zero-order chi connectivity index (χ0) is 16.4. The second-order valence-corrected chi connectivity index (χ2v) is 7.66. The van der Waals surface area contributed by atoms with Crippen molar-refractivity contribution in [3.8, 4) is 0 Å². The van der Waals surface area contributed by atoms with Crippen LogP contribution in [-0.2, 0) is 9.47 Å². The van der Waals surface area contributed by atoms with Gasteiger partial charge in [-0.05, 0) is 43.5 Å². The molecule has 0 N–H and O–H groups in total. The van der Waals surface area contributed by atoms with Crippen LogP contribution in [-0.4, -0.2) is 44.0 Å². The predicted octanol–water partition coefficient (Wildman–Crippen LogP) is 4.02. The van der Waals surface area contributed by atoms with Gasteiger partial charge in [-0.25, -0.2) is 0 Å². The van der Waals surface area contributed by atoms with Crippen molar-refractivity contribution in [2.24, 2.45) is 5.92 Å². The summed E-state index contributed by atoms with van der Waals surface area (Å²) < 4.78 is 12.6. The van der Waals surface area contributed by atoms with Gasteiger partial charge in [-0.1, -0.05) is 15.9 Å². The Bertz CT molecular complexity index is 695. The van der Waals surface area contributed by atoms with Gasteiger partial charge in [0.15, 0.2) is 0 Å². The summed E-state index contributed by atoms with van der Waals surface area (Å²) in [5.41, 5.74) is 2.33. The largest absolute Gasteiger partial charge is 0.381 e. The lowest BCUT2D eigenvalue weighted by Crippen LogP contribution is -2.37. The average molecular weight is 391 g/mol. The van der Waals surface area contributed by atoms with Crippen LogP contribution in [0.5, 0.6) is 0 Å². The standard InChI is InChI=1S/C19H23BrN2O2/c20-15-1-2-17-18(11-15)21-7-3-19(17)22-8-4-16(5-9-22)24-13-14-6-10-23-12-14/h1-3,7,11,14,16H,4-6,8-10,12-13H2.